The Hall–Kier alpha value is -0.452. The van der Waals surface area contributed by atoms with Gasteiger partial charge in [-0.3, -0.25) is 0 Å². The van der Waals surface area contributed by atoms with Gasteiger partial charge < -0.3 is 21.7 Å². The maximum Gasteiger partial charge on any atom is 0.414 e. The molecule has 0 saturated carbocycles. The van der Waals surface area contributed by atoms with Gasteiger partial charge in [0.15, 0.2) is 0 Å². The molecule has 6 nitrogen and oxygen atoms in total. The van der Waals surface area contributed by atoms with E-state index >= 15 is 0 Å². The van der Waals surface area contributed by atoms with Crippen LogP contribution in [0, 0.1) is 0 Å². The summed E-state index contributed by atoms with van der Waals surface area (Å²) in [6.45, 7) is 2.46. The van der Waals surface area contributed by atoms with E-state index < -0.39 is 11.9 Å². The molecule has 0 aliphatic carbocycles. The molecule has 0 aliphatic heterocycles. The van der Waals surface area contributed by atoms with Gasteiger partial charge in [0.25, 0.3) is 0 Å². The summed E-state index contributed by atoms with van der Waals surface area (Å²) in [7, 11) is 0. The number of carboxylic acid groups (broad SMARTS) is 2. The van der Waals surface area contributed by atoms with Crippen LogP contribution in [0.3, 0.4) is 0 Å². The minimum Gasteiger partial charge on any atom is -0.473 e. The molecule has 12 heavy (non-hydrogen) atoms. The molecule has 0 aliphatic rings. The molecule has 7 heteroatoms. The molecule has 0 rings (SSSR count). The van der Waals surface area contributed by atoms with Gasteiger partial charge in [-0.05, 0) is 6.92 Å². The summed E-state index contributed by atoms with van der Waals surface area (Å²) in [5.41, 5.74) is 10.2. The summed E-state index contributed by atoms with van der Waals surface area (Å²) >= 11 is 0. The molecule has 6 N–H and O–H groups in total. The van der Waals surface area contributed by atoms with Crippen molar-refractivity contribution in [3.63, 3.8) is 0 Å². The Balaban J connectivity index is -0.000000126. The molecule has 0 saturated heterocycles. The van der Waals surface area contributed by atoms with Crippen LogP contribution < -0.4 is 11.5 Å². The maximum atomic E-state index is 9.10. The molecule has 1 unspecified atom stereocenters. The van der Waals surface area contributed by atoms with Gasteiger partial charge in [0.2, 0.25) is 0 Å². The third kappa shape index (κ3) is 22.7. The summed E-state index contributed by atoms with van der Waals surface area (Å²) in [5.74, 6) is -3.65. The quantitative estimate of drug-likeness (QED) is 0.420. The molecule has 1 atom stereocenters. The average Bonchev–Trinajstić information content (AvgIpc) is 1.89. The molecule has 0 fully saturated rings. The molecule has 0 bridgehead atoms. The Morgan fingerprint density at radius 2 is 1.50 bits per heavy atom. The fourth-order valence-electron chi connectivity index (χ4n) is 0. The van der Waals surface area contributed by atoms with Crippen molar-refractivity contribution in [2.75, 3.05) is 6.54 Å². The van der Waals surface area contributed by atoms with Crippen LogP contribution in [0.2, 0.25) is 0 Å². The second-order valence-corrected chi connectivity index (χ2v) is 1.82. The fraction of sp³-hybridized carbons (Fsp3) is 0.600. The predicted molar refractivity (Wildman–Crippen MR) is 38.0 cm³/mol. The SMILES string of the molecule is CC(N)CN.O=C(O)C(=O)O.[Pt]. The molecule has 0 aromatic heterocycles. The topological polar surface area (TPSA) is 127 Å². The van der Waals surface area contributed by atoms with Crippen LogP contribution in [-0.4, -0.2) is 34.7 Å². The van der Waals surface area contributed by atoms with Crippen LogP contribution in [0.5, 0.6) is 0 Å². The van der Waals surface area contributed by atoms with E-state index in [0.717, 1.165) is 0 Å². The first-order chi connectivity index (χ1) is 4.91. The fourth-order valence-corrected chi connectivity index (χ4v) is 0. The summed E-state index contributed by atoms with van der Waals surface area (Å²) in [5, 5.41) is 14.8. The molecule has 0 spiro atoms. The number of hydrogen-bond donors (Lipinski definition) is 4. The molecule has 76 valence electrons. The standard InChI is InChI=1S/C3H10N2.C2H2O4.Pt/c1-3(5)2-4;3-1(4)2(5)6;/h3H,2,4-5H2,1H3;(H,3,4)(H,5,6);. The van der Waals surface area contributed by atoms with Crippen molar-refractivity contribution in [2.45, 2.75) is 13.0 Å². The first-order valence-corrected chi connectivity index (χ1v) is 2.83. The van der Waals surface area contributed by atoms with E-state index in [1.807, 2.05) is 6.92 Å². The molecule has 0 heterocycles. The van der Waals surface area contributed by atoms with Gasteiger partial charge in [0, 0.05) is 33.7 Å². The van der Waals surface area contributed by atoms with E-state index in [1.165, 1.54) is 0 Å². The first-order valence-electron chi connectivity index (χ1n) is 2.83. The van der Waals surface area contributed by atoms with Crippen LogP contribution in [0.15, 0.2) is 0 Å². The van der Waals surface area contributed by atoms with Crippen LogP contribution in [0.25, 0.3) is 0 Å². The molecule has 0 aromatic rings. The van der Waals surface area contributed by atoms with E-state index in [4.69, 9.17) is 31.3 Å². The van der Waals surface area contributed by atoms with Gasteiger partial charge in [-0.2, -0.15) is 0 Å². The largest absolute Gasteiger partial charge is 0.473 e. The summed E-state index contributed by atoms with van der Waals surface area (Å²) in [6, 6.07) is 0.162. The predicted octanol–water partition coefficient (Wildman–Crippen LogP) is -1.55. The van der Waals surface area contributed by atoms with Gasteiger partial charge in [0.05, 0.1) is 0 Å². The third-order valence-corrected chi connectivity index (χ3v) is 0.555. The summed E-state index contributed by atoms with van der Waals surface area (Å²) < 4.78 is 0. The van der Waals surface area contributed by atoms with Crippen LogP contribution in [-0.2, 0) is 30.7 Å². The number of carboxylic acids is 2. The zero-order chi connectivity index (χ0) is 9.44. The Morgan fingerprint density at radius 1 is 1.33 bits per heavy atom. The summed E-state index contributed by atoms with van der Waals surface area (Å²) in [6.07, 6.45) is 0. The van der Waals surface area contributed by atoms with Crippen molar-refractivity contribution in [3.8, 4) is 0 Å². The third-order valence-electron chi connectivity index (χ3n) is 0.555. The Morgan fingerprint density at radius 3 is 1.50 bits per heavy atom. The van der Waals surface area contributed by atoms with Crippen molar-refractivity contribution in [1.82, 2.24) is 0 Å². The number of rotatable bonds is 1. The van der Waals surface area contributed by atoms with E-state index in [9.17, 15) is 0 Å². The first kappa shape index (κ1) is 17.6. The van der Waals surface area contributed by atoms with Crippen LogP contribution in [0.4, 0.5) is 0 Å². The Kier molecular flexibility index (Phi) is 15.5. The molecule has 0 aromatic carbocycles. The monoisotopic (exact) mass is 359 g/mol. The second-order valence-electron chi connectivity index (χ2n) is 1.82. The summed E-state index contributed by atoms with van der Waals surface area (Å²) in [4.78, 5) is 18.2. The smallest absolute Gasteiger partial charge is 0.414 e. The molecular weight excluding hydrogens is 347 g/mol. The van der Waals surface area contributed by atoms with Crippen molar-refractivity contribution in [1.29, 1.82) is 0 Å². The van der Waals surface area contributed by atoms with Crippen molar-refractivity contribution < 1.29 is 40.9 Å². The van der Waals surface area contributed by atoms with E-state index in [2.05, 4.69) is 0 Å². The van der Waals surface area contributed by atoms with Crippen molar-refractivity contribution in [3.05, 3.63) is 0 Å². The maximum absolute atomic E-state index is 9.10. The zero-order valence-electron chi connectivity index (χ0n) is 6.47. The van der Waals surface area contributed by atoms with Gasteiger partial charge in [-0.25, -0.2) is 9.59 Å². The van der Waals surface area contributed by atoms with Gasteiger partial charge in [-0.15, -0.1) is 0 Å². The number of nitrogens with two attached hydrogens (primary N) is 2. The zero-order valence-corrected chi connectivity index (χ0v) is 8.74. The van der Waals surface area contributed by atoms with Gasteiger partial charge >= 0.3 is 11.9 Å². The van der Waals surface area contributed by atoms with Gasteiger partial charge in [-0.1, -0.05) is 0 Å². The molecule has 0 radical (unpaired) electrons. The van der Waals surface area contributed by atoms with Crippen LogP contribution >= 0.6 is 0 Å². The van der Waals surface area contributed by atoms with Crippen molar-refractivity contribution >= 4 is 11.9 Å². The van der Waals surface area contributed by atoms with Crippen LogP contribution in [0.1, 0.15) is 6.92 Å². The van der Waals surface area contributed by atoms with E-state index in [0.29, 0.717) is 6.54 Å². The van der Waals surface area contributed by atoms with Crippen molar-refractivity contribution in [2.24, 2.45) is 11.5 Å². The Labute approximate surface area is 84.2 Å². The Bertz CT molecular complexity index is 127. The number of carbonyl (C=O) groups is 2. The second kappa shape index (κ2) is 10.5. The minimum absolute atomic E-state index is 0. The van der Waals surface area contributed by atoms with E-state index in [-0.39, 0.29) is 27.1 Å². The number of aliphatic carboxylic acids is 2. The molecular formula is C5H12N2O4Pt. The average molecular weight is 359 g/mol. The number of hydrogen-bond acceptors (Lipinski definition) is 4. The molecule has 0 amide bonds. The minimum atomic E-state index is -1.82. The van der Waals surface area contributed by atoms with Gasteiger partial charge in [0.1, 0.15) is 0 Å². The normalized spacial score (nSPS) is 9.92. The van der Waals surface area contributed by atoms with E-state index in [1.54, 1.807) is 0 Å².